The summed E-state index contributed by atoms with van der Waals surface area (Å²) < 4.78 is 0. The SMILES string of the molecule is CCNc1c(N=Nc2ccc3ccccc3c2)cc(C)c(N)c1N=Nc1ccccc1. The number of azo groups is 2. The van der Waals surface area contributed by atoms with Crippen LogP contribution in [0.4, 0.5) is 34.1 Å². The first kappa shape index (κ1) is 20.2. The fraction of sp³-hybridized carbons (Fsp3) is 0.120. The molecule has 0 aliphatic carbocycles. The lowest BCUT2D eigenvalue weighted by Gasteiger charge is -2.14. The predicted molar refractivity (Wildman–Crippen MR) is 128 cm³/mol. The van der Waals surface area contributed by atoms with E-state index in [1.807, 2.05) is 80.6 Å². The van der Waals surface area contributed by atoms with Crippen molar-refractivity contribution in [2.24, 2.45) is 20.5 Å². The summed E-state index contributed by atoms with van der Waals surface area (Å²) in [4.78, 5) is 0. The van der Waals surface area contributed by atoms with Crippen molar-refractivity contribution in [2.45, 2.75) is 13.8 Å². The molecule has 0 saturated carbocycles. The Labute approximate surface area is 181 Å². The van der Waals surface area contributed by atoms with Crippen LogP contribution in [0, 0.1) is 6.92 Å². The number of nitrogens with zero attached hydrogens (tertiary/aromatic N) is 4. The van der Waals surface area contributed by atoms with Crippen LogP contribution in [0.2, 0.25) is 0 Å². The van der Waals surface area contributed by atoms with Gasteiger partial charge in [0.1, 0.15) is 11.4 Å². The topological polar surface area (TPSA) is 87.5 Å². The summed E-state index contributed by atoms with van der Waals surface area (Å²) in [5.74, 6) is 0. The Hall–Kier alpha value is -4.06. The lowest BCUT2D eigenvalue weighted by Crippen LogP contribution is -2.00. The van der Waals surface area contributed by atoms with Gasteiger partial charge < -0.3 is 11.1 Å². The van der Waals surface area contributed by atoms with Gasteiger partial charge in [-0.15, -0.1) is 10.2 Å². The van der Waals surface area contributed by atoms with Gasteiger partial charge in [-0.3, -0.25) is 0 Å². The molecule has 0 aliphatic heterocycles. The molecule has 154 valence electrons. The molecule has 0 atom stereocenters. The summed E-state index contributed by atoms with van der Waals surface area (Å²) in [6.45, 7) is 4.63. The summed E-state index contributed by atoms with van der Waals surface area (Å²) in [5.41, 5.74) is 11.3. The first-order chi connectivity index (χ1) is 15.2. The minimum absolute atomic E-state index is 0.568. The largest absolute Gasteiger partial charge is 0.397 e. The molecule has 6 heteroatoms. The summed E-state index contributed by atoms with van der Waals surface area (Å²) >= 11 is 0. The standard InChI is InChI=1S/C25H24N6/c1-3-27-24-22(30-29-21-14-13-18-9-7-8-10-19(18)16-21)15-17(2)23(26)25(24)31-28-20-11-5-4-6-12-20/h4-16,27H,3,26H2,1-2H3. The Morgan fingerprint density at radius 1 is 0.742 bits per heavy atom. The Morgan fingerprint density at radius 2 is 1.45 bits per heavy atom. The first-order valence-corrected chi connectivity index (χ1v) is 10.2. The van der Waals surface area contributed by atoms with Crippen molar-refractivity contribution in [1.82, 2.24) is 0 Å². The molecular formula is C25H24N6. The summed E-state index contributed by atoms with van der Waals surface area (Å²) in [6.07, 6.45) is 0. The van der Waals surface area contributed by atoms with E-state index in [1.54, 1.807) is 0 Å². The lowest BCUT2D eigenvalue weighted by molar-refractivity contribution is 1.16. The molecule has 0 aliphatic rings. The number of benzene rings is 4. The highest BCUT2D eigenvalue weighted by Crippen LogP contribution is 2.43. The Morgan fingerprint density at radius 3 is 2.23 bits per heavy atom. The maximum Gasteiger partial charge on any atom is 0.134 e. The number of rotatable bonds is 6. The maximum atomic E-state index is 6.35. The van der Waals surface area contributed by atoms with Gasteiger partial charge in [-0.05, 0) is 60.5 Å². The molecular weight excluding hydrogens is 384 g/mol. The average Bonchev–Trinajstić information content (AvgIpc) is 2.80. The molecule has 0 aromatic heterocycles. The zero-order valence-electron chi connectivity index (χ0n) is 17.6. The molecule has 0 bridgehead atoms. The third-order valence-corrected chi connectivity index (χ3v) is 4.91. The maximum absolute atomic E-state index is 6.35. The molecule has 0 amide bonds. The molecule has 0 saturated heterocycles. The van der Waals surface area contributed by atoms with E-state index < -0.39 is 0 Å². The second kappa shape index (κ2) is 9.17. The highest BCUT2D eigenvalue weighted by Gasteiger charge is 2.14. The Bertz CT molecular complexity index is 1260. The molecule has 0 radical (unpaired) electrons. The summed E-state index contributed by atoms with van der Waals surface area (Å²) in [7, 11) is 0. The minimum Gasteiger partial charge on any atom is -0.397 e. The number of hydrogen-bond acceptors (Lipinski definition) is 6. The van der Waals surface area contributed by atoms with Gasteiger partial charge in [0.2, 0.25) is 0 Å². The Kier molecular flexibility index (Phi) is 5.98. The summed E-state index contributed by atoms with van der Waals surface area (Å²) in [5, 5.41) is 23.4. The molecule has 31 heavy (non-hydrogen) atoms. The van der Waals surface area contributed by atoms with Crippen LogP contribution in [0.25, 0.3) is 10.8 Å². The highest BCUT2D eigenvalue weighted by molar-refractivity contribution is 5.89. The van der Waals surface area contributed by atoms with Gasteiger partial charge in [0.15, 0.2) is 0 Å². The van der Waals surface area contributed by atoms with Crippen molar-refractivity contribution < 1.29 is 0 Å². The van der Waals surface area contributed by atoms with Crippen molar-refractivity contribution in [1.29, 1.82) is 0 Å². The number of aryl methyl sites for hydroxylation is 1. The fourth-order valence-electron chi connectivity index (χ4n) is 3.28. The van der Waals surface area contributed by atoms with Crippen LogP contribution in [-0.4, -0.2) is 6.54 Å². The van der Waals surface area contributed by atoms with Crippen LogP contribution in [0.5, 0.6) is 0 Å². The zero-order chi connectivity index (χ0) is 21.6. The van der Waals surface area contributed by atoms with Crippen molar-refractivity contribution >= 4 is 44.9 Å². The van der Waals surface area contributed by atoms with Gasteiger partial charge in [0.05, 0.1) is 22.7 Å². The van der Waals surface area contributed by atoms with E-state index in [0.717, 1.165) is 28.0 Å². The van der Waals surface area contributed by atoms with Crippen molar-refractivity contribution in [3.8, 4) is 0 Å². The van der Waals surface area contributed by atoms with Crippen molar-refractivity contribution in [3.05, 3.63) is 84.4 Å². The number of nitrogen functional groups attached to an aromatic ring is 1. The molecule has 0 spiro atoms. The van der Waals surface area contributed by atoms with E-state index in [9.17, 15) is 0 Å². The number of hydrogen-bond donors (Lipinski definition) is 2. The second-order valence-corrected chi connectivity index (χ2v) is 7.15. The van der Waals surface area contributed by atoms with Crippen LogP contribution in [0.1, 0.15) is 12.5 Å². The number of anilines is 2. The lowest BCUT2D eigenvalue weighted by atomic mass is 10.1. The van der Waals surface area contributed by atoms with Gasteiger partial charge in [-0.2, -0.15) is 10.2 Å². The van der Waals surface area contributed by atoms with Gasteiger partial charge in [0.25, 0.3) is 0 Å². The van der Waals surface area contributed by atoms with Crippen LogP contribution < -0.4 is 11.1 Å². The third kappa shape index (κ3) is 4.59. The molecule has 0 unspecified atom stereocenters. The van der Waals surface area contributed by atoms with Gasteiger partial charge >= 0.3 is 0 Å². The summed E-state index contributed by atoms with van der Waals surface area (Å²) in [6, 6.07) is 25.7. The fourth-order valence-corrected chi connectivity index (χ4v) is 3.28. The van der Waals surface area contributed by atoms with E-state index >= 15 is 0 Å². The van der Waals surface area contributed by atoms with Crippen LogP contribution in [0.3, 0.4) is 0 Å². The molecule has 4 aromatic carbocycles. The van der Waals surface area contributed by atoms with E-state index in [1.165, 1.54) is 5.39 Å². The molecule has 3 N–H and O–H groups in total. The molecule has 6 nitrogen and oxygen atoms in total. The third-order valence-electron chi connectivity index (χ3n) is 4.91. The molecule has 4 aromatic rings. The predicted octanol–water partition coefficient (Wildman–Crippen LogP) is 7.99. The van der Waals surface area contributed by atoms with Gasteiger partial charge in [-0.25, -0.2) is 0 Å². The van der Waals surface area contributed by atoms with E-state index in [4.69, 9.17) is 5.73 Å². The van der Waals surface area contributed by atoms with E-state index in [2.05, 4.69) is 37.9 Å². The van der Waals surface area contributed by atoms with Crippen LogP contribution in [-0.2, 0) is 0 Å². The van der Waals surface area contributed by atoms with Gasteiger partial charge in [0, 0.05) is 6.54 Å². The number of fused-ring (bicyclic) bond motifs is 1. The Balaban J connectivity index is 1.74. The monoisotopic (exact) mass is 408 g/mol. The molecule has 0 fully saturated rings. The van der Waals surface area contributed by atoms with Crippen LogP contribution in [0.15, 0.2) is 99.3 Å². The highest BCUT2D eigenvalue weighted by atomic mass is 15.2. The van der Waals surface area contributed by atoms with Crippen molar-refractivity contribution in [2.75, 3.05) is 17.6 Å². The second-order valence-electron chi connectivity index (χ2n) is 7.15. The van der Waals surface area contributed by atoms with Crippen LogP contribution >= 0.6 is 0 Å². The first-order valence-electron chi connectivity index (χ1n) is 10.2. The minimum atomic E-state index is 0.568. The molecule has 0 heterocycles. The van der Waals surface area contributed by atoms with E-state index in [0.29, 0.717) is 23.6 Å². The smallest absolute Gasteiger partial charge is 0.134 e. The van der Waals surface area contributed by atoms with Crippen molar-refractivity contribution in [3.63, 3.8) is 0 Å². The average molecular weight is 409 g/mol. The molecule has 4 rings (SSSR count). The zero-order valence-corrected chi connectivity index (χ0v) is 17.6. The number of nitrogens with two attached hydrogens (primary N) is 1. The normalized spacial score (nSPS) is 11.5. The quantitative estimate of drug-likeness (QED) is 0.250. The number of nitrogens with one attached hydrogen (secondary N) is 1. The van der Waals surface area contributed by atoms with Gasteiger partial charge in [-0.1, -0.05) is 48.5 Å². The van der Waals surface area contributed by atoms with E-state index in [-0.39, 0.29) is 0 Å².